The van der Waals surface area contributed by atoms with E-state index in [9.17, 15) is 4.79 Å². The van der Waals surface area contributed by atoms with Gasteiger partial charge in [-0.3, -0.25) is 0 Å². The topological polar surface area (TPSA) is 50.4 Å². The summed E-state index contributed by atoms with van der Waals surface area (Å²) in [6.45, 7) is 2.19. The molecular formula is C22H32N2O2. The molecule has 0 unspecified atom stereocenters. The van der Waals surface area contributed by atoms with E-state index in [2.05, 4.69) is 29.7 Å². The first-order chi connectivity index (χ1) is 12.7. The molecule has 0 bridgehead atoms. The minimum Gasteiger partial charge on any atom is -0.490 e. The Kier molecular flexibility index (Phi) is 6.53. The largest absolute Gasteiger partial charge is 0.490 e. The van der Waals surface area contributed by atoms with E-state index in [-0.39, 0.29) is 8.88 Å². The molecule has 2 amide bonds. The third-order valence-corrected chi connectivity index (χ3v) is 4.73. The van der Waals surface area contributed by atoms with Crippen molar-refractivity contribution in [2.45, 2.75) is 58.0 Å². The van der Waals surface area contributed by atoms with Crippen LogP contribution >= 0.6 is 0 Å². The number of anilines is 2. The molecule has 3 rings (SSSR count). The number of benzene rings is 2. The molecule has 0 aliphatic heterocycles. The van der Waals surface area contributed by atoms with Crippen LogP contribution in [0.3, 0.4) is 0 Å². The van der Waals surface area contributed by atoms with Crippen molar-refractivity contribution in [3.63, 3.8) is 0 Å². The number of hydrogen-bond donors (Lipinski definition) is 2. The fraction of sp³-hybridized carbons (Fsp3) is 0.409. The summed E-state index contributed by atoms with van der Waals surface area (Å²) in [7, 11) is 0. The lowest BCUT2D eigenvalue weighted by atomic mass is 10.1. The van der Waals surface area contributed by atoms with Crippen LogP contribution in [0.25, 0.3) is 0 Å². The first-order valence-electron chi connectivity index (χ1n) is 9.66. The SMILES string of the molecule is CCCCc1ccc(NC(=O)Nc2cccc(OC3CCCC3)c2)cc1.[HH].[HH]. The monoisotopic (exact) mass is 356 g/mol. The maximum atomic E-state index is 12.2. The molecule has 2 aromatic rings. The minimum absolute atomic E-state index is 0. The number of amides is 2. The summed E-state index contributed by atoms with van der Waals surface area (Å²) in [6, 6.07) is 15.4. The number of carbonyl (C=O) groups is 1. The molecule has 142 valence electrons. The van der Waals surface area contributed by atoms with Crippen LogP contribution in [0.4, 0.5) is 16.2 Å². The fourth-order valence-electron chi connectivity index (χ4n) is 3.27. The Morgan fingerprint density at radius 1 is 1.08 bits per heavy atom. The zero-order chi connectivity index (χ0) is 18.2. The summed E-state index contributed by atoms with van der Waals surface area (Å²) in [4.78, 5) is 12.2. The lowest BCUT2D eigenvalue weighted by molar-refractivity contribution is 0.210. The van der Waals surface area contributed by atoms with E-state index in [0.29, 0.717) is 6.10 Å². The van der Waals surface area contributed by atoms with E-state index >= 15 is 0 Å². The highest BCUT2D eigenvalue weighted by molar-refractivity contribution is 5.99. The molecule has 4 heteroatoms. The predicted molar refractivity (Wildman–Crippen MR) is 111 cm³/mol. The molecule has 26 heavy (non-hydrogen) atoms. The van der Waals surface area contributed by atoms with Crippen molar-refractivity contribution < 1.29 is 12.4 Å². The van der Waals surface area contributed by atoms with Crippen LogP contribution in [0.5, 0.6) is 5.75 Å². The standard InChI is InChI=1S/C22H28N2O2.2H2/c1-2-3-7-17-12-14-18(15-13-17)23-22(25)24-19-8-6-11-21(16-19)26-20-9-4-5-10-20;;/h6,8,11-16,20H,2-5,7,9-10H2,1H3,(H2,23,24,25);2*1H. The minimum atomic E-state index is -0.246. The number of rotatable bonds is 7. The van der Waals surface area contributed by atoms with E-state index in [1.54, 1.807) is 0 Å². The second-order valence-electron chi connectivity index (χ2n) is 6.93. The normalized spacial score (nSPS) is 14.2. The number of ether oxygens (including phenoxy) is 1. The molecule has 1 fully saturated rings. The molecule has 2 N–H and O–H groups in total. The van der Waals surface area contributed by atoms with Crippen molar-refractivity contribution in [2.24, 2.45) is 0 Å². The molecule has 1 saturated carbocycles. The molecule has 0 atom stereocenters. The van der Waals surface area contributed by atoms with Gasteiger partial charge < -0.3 is 15.4 Å². The molecule has 0 spiro atoms. The highest BCUT2D eigenvalue weighted by atomic mass is 16.5. The third-order valence-electron chi connectivity index (χ3n) is 4.73. The van der Waals surface area contributed by atoms with Gasteiger partial charge >= 0.3 is 6.03 Å². The van der Waals surface area contributed by atoms with Crippen LogP contribution in [0.15, 0.2) is 48.5 Å². The summed E-state index contributed by atoms with van der Waals surface area (Å²) in [5.41, 5.74) is 2.83. The Labute approximate surface area is 158 Å². The summed E-state index contributed by atoms with van der Waals surface area (Å²) < 4.78 is 5.99. The maximum absolute atomic E-state index is 12.2. The Balaban J connectivity index is 0.00000196. The van der Waals surface area contributed by atoms with Gasteiger partial charge in [0, 0.05) is 20.3 Å². The van der Waals surface area contributed by atoms with Gasteiger partial charge in [0.1, 0.15) is 5.75 Å². The van der Waals surface area contributed by atoms with E-state index < -0.39 is 0 Å². The van der Waals surface area contributed by atoms with E-state index in [1.807, 2.05) is 36.4 Å². The van der Waals surface area contributed by atoms with Gasteiger partial charge in [-0.15, -0.1) is 0 Å². The van der Waals surface area contributed by atoms with Crippen LogP contribution in [0.2, 0.25) is 0 Å². The zero-order valence-electron chi connectivity index (χ0n) is 15.5. The van der Waals surface area contributed by atoms with Gasteiger partial charge in [-0.05, 0) is 68.4 Å². The highest BCUT2D eigenvalue weighted by Crippen LogP contribution is 2.25. The maximum Gasteiger partial charge on any atom is 0.323 e. The molecule has 0 heterocycles. The molecule has 0 saturated heterocycles. The first-order valence-corrected chi connectivity index (χ1v) is 9.66. The van der Waals surface area contributed by atoms with Crippen LogP contribution in [0, 0.1) is 0 Å². The average molecular weight is 357 g/mol. The van der Waals surface area contributed by atoms with Crippen molar-refractivity contribution in [1.82, 2.24) is 0 Å². The van der Waals surface area contributed by atoms with Gasteiger partial charge in [0.05, 0.1) is 6.10 Å². The van der Waals surface area contributed by atoms with Gasteiger partial charge in [-0.1, -0.05) is 31.5 Å². The summed E-state index contributed by atoms with van der Waals surface area (Å²) >= 11 is 0. The van der Waals surface area contributed by atoms with Gasteiger partial charge in [-0.25, -0.2) is 4.79 Å². The fourth-order valence-corrected chi connectivity index (χ4v) is 3.27. The van der Waals surface area contributed by atoms with Crippen molar-refractivity contribution in [1.29, 1.82) is 0 Å². The lowest BCUT2D eigenvalue weighted by Gasteiger charge is -2.14. The van der Waals surface area contributed by atoms with Gasteiger partial charge in [0.2, 0.25) is 0 Å². The van der Waals surface area contributed by atoms with E-state index in [4.69, 9.17) is 4.74 Å². The second kappa shape index (κ2) is 9.27. The predicted octanol–water partition coefficient (Wildman–Crippen LogP) is 6.49. The molecule has 0 aromatic heterocycles. The van der Waals surface area contributed by atoms with Crippen LogP contribution in [-0.2, 0) is 6.42 Å². The molecule has 1 aliphatic carbocycles. The quantitative estimate of drug-likeness (QED) is 0.596. The van der Waals surface area contributed by atoms with Crippen molar-refractivity contribution in [2.75, 3.05) is 10.6 Å². The number of aryl methyl sites for hydroxylation is 1. The molecule has 2 aromatic carbocycles. The van der Waals surface area contributed by atoms with Crippen LogP contribution in [-0.4, -0.2) is 12.1 Å². The average Bonchev–Trinajstić information content (AvgIpc) is 3.14. The van der Waals surface area contributed by atoms with Crippen LogP contribution in [0.1, 0.15) is 53.9 Å². The second-order valence-corrected chi connectivity index (χ2v) is 6.93. The Morgan fingerprint density at radius 3 is 2.54 bits per heavy atom. The Bertz CT molecular complexity index is 717. The Hall–Kier alpha value is -2.49. The molecule has 1 aliphatic rings. The highest BCUT2D eigenvalue weighted by Gasteiger charge is 2.16. The van der Waals surface area contributed by atoms with Gasteiger partial charge in [-0.2, -0.15) is 0 Å². The first kappa shape index (κ1) is 18.3. The van der Waals surface area contributed by atoms with Gasteiger partial charge in [0.25, 0.3) is 0 Å². The molecule has 4 nitrogen and oxygen atoms in total. The van der Waals surface area contributed by atoms with E-state index in [0.717, 1.165) is 36.4 Å². The number of hydrogen-bond acceptors (Lipinski definition) is 2. The van der Waals surface area contributed by atoms with Crippen molar-refractivity contribution in [3.05, 3.63) is 54.1 Å². The van der Waals surface area contributed by atoms with Crippen molar-refractivity contribution in [3.8, 4) is 5.75 Å². The third kappa shape index (κ3) is 5.51. The molecule has 0 radical (unpaired) electrons. The Morgan fingerprint density at radius 2 is 1.81 bits per heavy atom. The van der Waals surface area contributed by atoms with Gasteiger partial charge in [0.15, 0.2) is 0 Å². The lowest BCUT2D eigenvalue weighted by Crippen LogP contribution is -2.19. The summed E-state index contributed by atoms with van der Waals surface area (Å²) in [5.74, 6) is 0.815. The smallest absolute Gasteiger partial charge is 0.323 e. The number of unbranched alkanes of at least 4 members (excludes halogenated alkanes) is 1. The summed E-state index contributed by atoms with van der Waals surface area (Å²) in [6.07, 6.45) is 8.48. The van der Waals surface area contributed by atoms with Crippen molar-refractivity contribution >= 4 is 17.4 Å². The molecular weight excluding hydrogens is 324 g/mol. The number of carbonyl (C=O) groups excluding carboxylic acids is 1. The van der Waals surface area contributed by atoms with Crippen LogP contribution < -0.4 is 15.4 Å². The van der Waals surface area contributed by atoms with E-state index in [1.165, 1.54) is 31.2 Å². The summed E-state index contributed by atoms with van der Waals surface area (Å²) in [5, 5.41) is 5.75. The zero-order valence-corrected chi connectivity index (χ0v) is 15.5. The number of urea groups is 1. The number of nitrogens with one attached hydrogen (secondary N) is 2.